The lowest BCUT2D eigenvalue weighted by atomic mass is 10.1. The molecule has 0 amide bonds. The highest BCUT2D eigenvalue weighted by Crippen LogP contribution is 2.14. The van der Waals surface area contributed by atoms with Crippen LogP contribution in [0.2, 0.25) is 0 Å². The Morgan fingerprint density at radius 1 is 0.379 bits per heavy atom. The molecule has 0 rings (SSSR count). The summed E-state index contributed by atoms with van der Waals surface area (Å²) in [6, 6.07) is 0. The highest BCUT2D eigenvalue weighted by Gasteiger charge is 2.17. The summed E-state index contributed by atoms with van der Waals surface area (Å²) in [6.45, 7) is 7.81. The molecule has 0 saturated heterocycles. The minimum absolute atomic E-state index is 0.0815. The average Bonchev–Trinajstić information content (AvgIpc) is 3.22. The fourth-order valence-electron chi connectivity index (χ4n) is 7.30. The third-order valence-corrected chi connectivity index (χ3v) is 11.1. The first-order chi connectivity index (χ1) is 28.6. The molecule has 0 aromatic carbocycles. The topological polar surface area (TPSA) is 61.8 Å². The Kier molecular flexibility index (Phi) is 47.9. The monoisotopic (exact) mass is 815 g/mol. The van der Waals surface area contributed by atoms with Gasteiger partial charge in [-0.2, -0.15) is 0 Å². The third-order valence-electron chi connectivity index (χ3n) is 11.1. The predicted octanol–water partition coefficient (Wildman–Crippen LogP) is 17.0. The number of unbranched alkanes of at least 4 members (excludes halogenated alkanes) is 30. The van der Waals surface area contributed by atoms with E-state index in [1.165, 1.54) is 173 Å². The Morgan fingerprint density at radius 2 is 0.724 bits per heavy atom. The molecule has 1 unspecified atom stereocenters. The number of esters is 2. The normalized spacial score (nSPS) is 12.4. The van der Waals surface area contributed by atoms with E-state index in [2.05, 4.69) is 57.2 Å². The van der Waals surface area contributed by atoms with Crippen molar-refractivity contribution in [3.63, 3.8) is 0 Å². The third kappa shape index (κ3) is 46.8. The Balaban J connectivity index is 4.22. The van der Waals surface area contributed by atoms with Crippen LogP contribution in [0.4, 0.5) is 0 Å². The van der Waals surface area contributed by atoms with E-state index in [0.717, 1.165) is 57.8 Å². The number of carbonyl (C=O) groups is 2. The van der Waals surface area contributed by atoms with Crippen LogP contribution < -0.4 is 0 Å². The lowest BCUT2D eigenvalue weighted by Crippen LogP contribution is -2.30. The Hall–Kier alpha value is -1.88. The Morgan fingerprint density at radius 3 is 1.19 bits per heavy atom. The van der Waals surface area contributed by atoms with Crippen molar-refractivity contribution < 1.29 is 23.8 Å². The zero-order valence-corrected chi connectivity index (χ0v) is 39.1. The van der Waals surface area contributed by atoms with Crippen LogP contribution in [0.5, 0.6) is 0 Å². The zero-order valence-electron chi connectivity index (χ0n) is 39.1. The molecular formula is C53H98O5. The molecule has 0 fully saturated rings. The van der Waals surface area contributed by atoms with Crippen molar-refractivity contribution in [1.29, 1.82) is 0 Å². The van der Waals surface area contributed by atoms with E-state index in [1.807, 2.05) is 0 Å². The molecule has 5 heteroatoms. The van der Waals surface area contributed by atoms with Crippen molar-refractivity contribution in [2.24, 2.45) is 0 Å². The van der Waals surface area contributed by atoms with Gasteiger partial charge in [-0.25, -0.2) is 0 Å². The second-order valence-electron chi connectivity index (χ2n) is 17.1. The van der Waals surface area contributed by atoms with E-state index in [4.69, 9.17) is 14.2 Å². The Bertz CT molecular complexity index is 924. The summed E-state index contributed by atoms with van der Waals surface area (Å²) < 4.78 is 17.4. The van der Waals surface area contributed by atoms with Crippen LogP contribution >= 0.6 is 0 Å². The second-order valence-corrected chi connectivity index (χ2v) is 17.1. The molecule has 0 bridgehead atoms. The van der Waals surface area contributed by atoms with Crippen LogP contribution in [-0.2, 0) is 23.8 Å². The number of ether oxygens (including phenoxy) is 3. The van der Waals surface area contributed by atoms with Crippen molar-refractivity contribution in [3.8, 4) is 0 Å². The van der Waals surface area contributed by atoms with E-state index >= 15 is 0 Å². The van der Waals surface area contributed by atoms with E-state index in [9.17, 15) is 9.59 Å². The van der Waals surface area contributed by atoms with Gasteiger partial charge in [-0.05, 0) is 77.0 Å². The maximum atomic E-state index is 12.8. The van der Waals surface area contributed by atoms with Crippen LogP contribution in [0, 0.1) is 0 Å². The number of hydrogen-bond donors (Lipinski definition) is 0. The van der Waals surface area contributed by atoms with E-state index in [1.54, 1.807) is 0 Å². The van der Waals surface area contributed by atoms with Crippen molar-refractivity contribution in [2.75, 3.05) is 19.8 Å². The zero-order chi connectivity index (χ0) is 42.1. The molecule has 0 N–H and O–H groups in total. The fraction of sp³-hybridized carbons (Fsp3) is 0.849. The summed E-state index contributed by atoms with van der Waals surface area (Å²) in [4.78, 5) is 25.3. The summed E-state index contributed by atoms with van der Waals surface area (Å²) >= 11 is 0. The van der Waals surface area contributed by atoms with Gasteiger partial charge in [0.25, 0.3) is 0 Å². The molecule has 0 heterocycles. The highest BCUT2D eigenvalue weighted by atomic mass is 16.6. The van der Waals surface area contributed by atoms with Gasteiger partial charge in [-0.15, -0.1) is 0 Å². The van der Waals surface area contributed by atoms with Crippen LogP contribution in [0.3, 0.4) is 0 Å². The smallest absolute Gasteiger partial charge is 0.306 e. The number of hydrogen-bond acceptors (Lipinski definition) is 5. The lowest BCUT2D eigenvalue weighted by Gasteiger charge is -2.18. The standard InChI is InChI=1S/C53H98O5/c1-4-7-10-13-16-19-22-24-26-27-29-30-32-34-37-40-43-46-52(54)57-50-51(49-56-48-45-42-39-36-21-18-15-12-9-6-3)58-53(55)47-44-41-38-35-33-31-28-25-23-20-17-14-11-8-5-2/h17,20,24-26,28,51H,4-16,18-19,21-23,27,29-50H2,1-3H3/b20-17-,26-24-,28-25-. The van der Waals surface area contributed by atoms with Gasteiger partial charge in [-0.3, -0.25) is 9.59 Å². The van der Waals surface area contributed by atoms with Gasteiger partial charge in [0, 0.05) is 19.4 Å². The van der Waals surface area contributed by atoms with Gasteiger partial charge < -0.3 is 14.2 Å². The molecule has 0 aliphatic carbocycles. The predicted molar refractivity (Wildman–Crippen MR) is 252 cm³/mol. The summed E-state index contributed by atoms with van der Waals surface area (Å²) in [5, 5.41) is 0. The summed E-state index contributed by atoms with van der Waals surface area (Å²) in [7, 11) is 0. The molecular weight excluding hydrogens is 717 g/mol. The van der Waals surface area contributed by atoms with Gasteiger partial charge >= 0.3 is 11.9 Å². The first-order valence-electron chi connectivity index (χ1n) is 25.5. The van der Waals surface area contributed by atoms with E-state index in [-0.39, 0.29) is 25.2 Å². The van der Waals surface area contributed by atoms with Crippen LogP contribution in [0.1, 0.15) is 265 Å². The van der Waals surface area contributed by atoms with Crippen LogP contribution in [0.15, 0.2) is 36.5 Å². The summed E-state index contributed by atoms with van der Waals surface area (Å²) in [5.74, 6) is -0.407. The summed E-state index contributed by atoms with van der Waals surface area (Å²) in [5.41, 5.74) is 0. The molecule has 0 aliphatic rings. The van der Waals surface area contributed by atoms with E-state index in [0.29, 0.717) is 19.4 Å². The quantitative estimate of drug-likeness (QED) is 0.0348. The van der Waals surface area contributed by atoms with Crippen molar-refractivity contribution in [1.82, 2.24) is 0 Å². The highest BCUT2D eigenvalue weighted by molar-refractivity contribution is 5.70. The maximum absolute atomic E-state index is 12.8. The molecule has 1 atom stereocenters. The van der Waals surface area contributed by atoms with Gasteiger partial charge in [0.1, 0.15) is 6.61 Å². The molecule has 0 spiro atoms. The summed E-state index contributed by atoms with van der Waals surface area (Å²) in [6.07, 6.45) is 58.6. The molecule has 0 aromatic heterocycles. The van der Waals surface area contributed by atoms with Crippen LogP contribution in [-0.4, -0.2) is 37.9 Å². The first kappa shape index (κ1) is 56.1. The van der Waals surface area contributed by atoms with Gasteiger partial charge in [0.2, 0.25) is 0 Å². The number of allylic oxidation sites excluding steroid dienone is 6. The molecule has 5 nitrogen and oxygen atoms in total. The average molecular weight is 815 g/mol. The first-order valence-corrected chi connectivity index (χ1v) is 25.5. The number of carbonyl (C=O) groups excluding carboxylic acids is 2. The van der Waals surface area contributed by atoms with Crippen molar-refractivity contribution in [2.45, 2.75) is 271 Å². The molecule has 0 aliphatic heterocycles. The Labute approximate surface area is 361 Å². The van der Waals surface area contributed by atoms with Crippen molar-refractivity contribution >= 4 is 11.9 Å². The van der Waals surface area contributed by atoms with Gasteiger partial charge in [0.05, 0.1) is 6.61 Å². The molecule has 58 heavy (non-hydrogen) atoms. The molecule has 0 saturated carbocycles. The minimum Gasteiger partial charge on any atom is -0.462 e. The fourth-order valence-corrected chi connectivity index (χ4v) is 7.30. The van der Waals surface area contributed by atoms with Gasteiger partial charge in [0.15, 0.2) is 6.10 Å². The minimum atomic E-state index is -0.539. The molecule has 0 radical (unpaired) electrons. The maximum Gasteiger partial charge on any atom is 0.306 e. The lowest BCUT2D eigenvalue weighted by molar-refractivity contribution is -0.163. The van der Waals surface area contributed by atoms with E-state index < -0.39 is 6.10 Å². The van der Waals surface area contributed by atoms with Gasteiger partial charge in [-0.1, -0.05) is 211 Å². The SMILES string of the molecule is CCCCC/C=C\C/C=C\CCCCCCCC(=O)OC(COCCCCCCCCCCCC)COC(=O)CCCCCCCCC/C=C\CCCCCCCC. The number of rotatable bonds is 47. The second kappa shape index (κ2) is 49.5. The molecule has 340 valence electrons. The molecule has 0 aromatic rings. The largest absolute Gasteiger partial charge is 0.462 e. The van der Waals surface area contributed by atoms with Crippen LogP contribution in [0.25, 0.3) is 0 Å². The van der Waals surface area contributed by atoms with Crippen molar-refractivity contribution in [3.05, 3.63) is 36.5 Å².